The van der Waals surface area contributed by atoms with Gasteiger partial charge in [0.1, 0.15) is 0 Å². The van der Waals surface area contributed by atoms with Crippen LogP contribution in [0.1, 0.15) is 25.7 Å². The van der Waals surface area contributed by atoms with E-state index in [2.05, 4.69) is 0 Å². The molecular formula is C18H24N2O2S. The Labute approximate surface area is 138 Å². The fourth-order valence-corrected chi connectivity index (χ4v) is 5.02. The summed E-state index contributed by atoms with van der Waals surface area (Å²) < 4.78 is 28.0. The highest BCUT2D eigenvalue weighted by Gasteiger charge is 2.27. The molecule has 0 saturated carbocycles. The van der Waals surface area contributed by atoms with Crippen LogP contribution in [0.4, 0.5) is 5.69 Å². The lowest BCUT2D eigenvalue weighted by Crippen LogP contribution is -2.32. The van der Waals surface area contributed by atoms with Gasteiger partial charge in [0.05, 0.1) is 4.90 Å². The zero-order valence-electron chi connectivity index (χ0n) is 13.8. The Bertz CT molecular complexity index is 792. The third-order valence-electron chi connectivity index (χ3n) is 4.52. The van der Waals surface area contributed by atoms with Crippen LogP contribution in [0.2, 0.25) is 0 Å². The van der Waals surface area contributed by atoms with Crippen molar-refractivity contribution < 1.29 is 8.42 Å². The molecule has 3 rings (SSSR count). The molecule has 0 N–H and O–H groups in total. The van der Waals surface area contributed by atoms with Crippen LogP contribution in [0.3, 0.4) is 0 Å². The predicted molar refractivity (Wildman–Crippen MR) is 95.5 cm³/mol. The Kier molecular flexibility index (Phi) is 4.60. The van der Waals surface area contributed by atoms with Gasteiger partial charge < -0.3 is 4.90 Å². The van der Waals surface area contributed by atoms with E-state index in [-0.39, 0.29) is 0 Å². The highest BCUT2D eigenvalue weighted by atomic mass is 32.2. The summed E-state index contributed by atoms with van der Waals surface area (Å²) in [4.78, 5) is 2.45. The molecule has 0 bridgehead atoms. The summed E-state index contributed by atoms with van der Waals surface area (Å²) in [6, 6.07) is 11.4. The largest absolute Gasteiger partial charge is 0.377 e. The van der Waals surface area contributed by atoms with Crippen molar-refractivity contribution in [3.8, 4) is 0 Å². The first-order chi connectivity index (χ1) is 11.0. The lowest BCUT2D eigenvalue weighted by Gasteiger charge is -2.22. The van der Waals surface area contributed by atoms with Crippen LogP contribution in [-0.2, 0) is 10.0 Å². The second kappa shape index (κ2) is 6.49. The predicted octanol–water partition coefficient (Wildman–Crippen LogP) is 3.47. The zero-order valence-corrected chi connectivity index (χ0v) is 14.6. The van der Waals surface area contributed by atoms with Gasteiger partial charge in [0, 0.05) is 43.6 Å². The second-order valence-electron chi connectivity index (χ2n) is 6.34. The summed E-state index contributed by atoms with van der Waals surface area (Å²) in [5.41, 5.74) is 1.04. The minimum atomic E-state index is -3.44. The number of nitrogens with zero attached hydrogens (tertiary/aromatic N) is 2. The van der Waals surface area contributed by atoms with Crippen LogP contribution >= 0.6 is 0 Å². The first-order valence-electron chi connectivity index (χ1n) is 8.21. The van der Waals surface area contributed by atoms with Gasteiger partial charge in [-0.1, -0.05) is 37.1 Å². The van der Waals surface area contributed by atoms with Gasteiger partial charge in [0.15, 0.2) is 0 Å². The molecule has 1 aliphatic heterocycles. The average molecular weight is 332 g/mol. The van der Waals surface area contributed by atoms with Gasteiger partial charge >= 0.3 is 0 Å². The maximum absolute atomic E-state index is 13.1. The number of sulfonamides is 1. The molecule has 23 heavy (non-hydrogen) atoms. The molecule has 0 spiro atoms. The van der Waals surface area contributed by atoms with E-state index in [9.17, 15) is 8.42 Å². The lowest BCUT2D eigenvalue weighted by molar-refractivity contribution is 0.424. The number of fused-ring (bicyclic) bond motifs is 1. The van der Waals surface area contributed by atoms with E-state index in [1.165, 1.54) is 0 Å². The van der Waals surface area contributed by atoms with Crippen molar-refractivity contribution in [2.24, 2.45) is 0 Å². The standard InChI is InChI=1S/C18H24N2O2S/c1-19(2)17-11-7-10-16-15(17)9-8-12-18(16)23(21,22)20-13-5-3-4-6-14-20/h7-12H,3-6,13-14H2,1-2H3. The van der Waals surface area contributed by atoms with Crippen molar-refractivity contribution in [2.75, 3.05) is 32.1 Å². The average Bonchev–Trinajstić information content (AvgIpc) is 2.83. The quantitative estimate of drug-likeness (QED) is 0.864. The molecule has 1 fully saturated rings. The number of hydrogen-bond donors (Lipinski definition) is 0. The Morgan fingerprint density at radius 2 is 1.48 bits per heavy atom. The molecule has 5 heteroatoms. The van der Waals surface area contributed by atoms with Gasteiger partial charge in [-0.15, -0.1) is 0 Å². The summed E-state index contributed by atoms with van der Waals surface area (Å²) >= 11 is 0. The van der Waals surface area contributed by atoms with Crippen LogP contribution in [-0.4, -0.2) is 39.9 Å². The topological polar surface area (TPSA) is 40.6 Å². The Morgan fingerprint density at radius 3 is 2.13 bits per heavy atom. The zero-order chi connectivity index (χ0) is 16.4. The Morgan fingerprint density at radius 1 is 0.870 bits per heavy atom. The van der Waals surface area contributed by atoms with Gasteiger partial charge in [-0.25, -0.2) is 8.42 Å². The van der Waals surface area contributed by atoms with E-state index in [1.807, 2.05) is 49.3 Å². The smallest absolute Gasteiger partial charge is 0.243 e. The maximum Gasteiger partial charge on any atom is 0.243 e. The molecule has 124 valence electrons. The molecule has 2 aromatic carbocycles. The van der Waals surface area contributed by atoms with E-state index < -0.39 is 10.0 Å². The molecule has 0 amide bonds. The minimum absolute atomic E-state index is 0.431. The summed E-state index contributed by atoms with van der Waals surface area (Å²) in [5, 5.41) is 1.79. The molecule has 4 nitrogen and oxygen atoms in total. The van der Waals surface area contributed by atoms with Crippen molar-refractivity contribution in [1.82, 2.24) is 4.31 Å². The number of benzene rings is 2. The molecule has 1 heterocycles. The third kappa shape index (κ3) is 3.08. The number of anilines is 1. The van der Waals surface area contributed by atoms with Crippen LogP contribution in [0.25, 0.3) is 10.8 Å². The van der Waals surface area contributed by atoms with Crippen molar-refractivity contribution in [3.63, 3.8) is 0 Å². The monoisotopic (exact) mass is 332 g/mol. The van der Waals surface area contributed by atoms with E-state index in [0.29, 0.717) is 18.0 Å². The molecular weight excluding hydrogens is 308 g/mol. The van der Waals surface area contributed by atoms with E-state index in [0.717, 1.165) is 42.1 Å². The van der Waals surface area contributed by atoms with Crippen LogP contribution in [0.15, 0.2) is 41.3 Å². The summed E-state index contributed by atoms with van der Waals surface area (Å²) in [7, 11) is 0.514. The summed E-state index contributed by atoms with van der Waals surface area (Å²) in [6.07, 6.45) is 4.14. The van der Waals surface area contributed by atoms with Crippen LogP contribution < -0.4 is 4.90 Å². The summed E-state index contributed by atoms with van der Waals surface area (Å²) in [5.74, 6) is 0. The van der Waals surface area contributed by atoms with Crippen LogP contribution in [0, 0.1) is 0 Å². The molecule has 0 aliphatic carbocycles. The normalized spacial score (nSPS) is 17.1. The van der Waals surface area contributed by atoms with Crippen molar-refractivity contribution in [3.05, 3.63) is 36.4 Å². The van der Waals surface area contributed by atoms with Crippen LogP contribution in [0.5, 0.6) is 0 Å². The van der Waals surface area contributed by atoms with Crippen molar-refractivity contribution >= 4 is 26.5 Å². The van der Waals surface area contributed by atoms with Crippen molar-refractivity contribution in [1.29, 1.82) is 0 Å². The highest BCUT2D eigenvalue weighted by Crippen LogP contribution is 2.32. The third-order valence-corrected chi connectivity index (χ3v) is 6.48. The molecule has 0 radical (unpaired) electrons. The van der Waals surface area contributed by atoms with E-state index in [4.69, 9.17) is 0 Å². The van der Waals surface area contributed by atoms with Gasteiger partial charge in [-0.3, -0.25) is 0 Å². The SMILES string of the molecule is CN(C)c1cccc2c(S(=O)(=O)N3CCCCCC3)cccc12. The Hall–Kier alpha value is -1.59. The fraction of sp³-hybridized carbons (Fsp3) is 0.444. The molecule has 1 aliphatic rings. The molecule has 0 atom stereocenters. The number of rotatable bonds is 3. The van der Waals surface area contributed by atoms with Gasteiger partial charge in [-0.05, 0) is 25.0 Å². The summed E-state index contributed by atoms with van der Waals surface area (Å²) in [6.45, 7) is 1.26. The Balaban J connectivity index is 2.14. The second-order valence-corrected chi connectivity index (χ2v) is 8.25. The van der Waals surface area contributed by atoms with Gasteiger partial charge in [0.2, 0.25) is 10.0 Å². The molecule has 2 aromatic rings. The molecule has 0 unspecified atom stereocenters. The molecule has 0 aromatic heterocycles. The highest BCUT2D eigenvalue weighted by molar-refractivity contribution is 7.89. The maximum atomic E-state index is 13.1. The number of hydrogen-bond acceptors (Lipinski definition) is 3. The van der Waals surface area contributed by atoms with Gasteiger partial charge in [-0.2, -0.15) is 4.31 Å². The van der Waals surface area contributed by atoms with Gasteiger partial charge in [0.25, 0.3) is 0 Å². The van der Waals surface area contributed by atoms with E-state index >= 15 is 0 Å². The fourth-order valence-electron chi connectivity index (χ4n) is 3.30. The molecule has 1 saturated heterocycles. The lowest BCUT2D eigenvalue weighted by atomic mass is 10.1. The minimum Gasteiger partial charge on any atom is -0.377 e. The first-order valence-corrected chi connectivity index (χ1v) is 9.65. The van der Waals surface area contributed by atoms with Crippen molar-refractivity contribution in [2.45, 2.75) is 30.6 Å². The first kappa shape index (κ1) is 16.3. The van der Waals surface area contributed by atoms with E-state index in [1.54, 1.807) is 10.4 Å².